The van der Waals surface area contributed by atoms with Crippen molar-refractivity contribution in [2.45, 2.75) is 6.92 Å². The van der Waals surface area contributed by atoms with Crippen LogP contribution in [0.15, 0.2) is 60.8 Å². The Kier molecular flexibility index (Phi) is 5.39. The number of nitrogens with zero attached hydrogens (tertiary/aromatic N) is 1. The maximum absolute atomic E-state index is 12.6. The summed E-state index contributed by atoms with van der Waals surface area (Å²) in [5.41, 5.74) is 2.97. The molecule has 3 rings (SSSR count). The van der Waals surface area contributed by atoms with E-state index in [4.69, 9.17) is 16.3 Å². The SMILES string of the molecule is COc1ccc(C)cc1NC(=O)c1ccnc(Nc2ccc(Cl)cc2)c1. The number of pyridine rings is 1. The van der Waals surface area contributed by atoms with Gasteiger partial charge in [-0.1, -0.05) is 17.7 Å². The van der Waals surface area contributed by atoms with Gasteiger partial charge >= 0.3 is 0 Å². The number of halogens is 1. The van der Waals surface area contributed by atoms with E-state index in [0.29, 0.717) is 27.8 Å². The molecule has 132 valence electrons. The van der Waals surface area contributed by atoms with Gasteiger partial charge in [0.2, 0.25) is 0 Å². The Morgan fingerprint density at radius 1 is 1.08 bits per heavy atom. The normalized spacial score (nSPS) is 10.3. The van der Waals surface area contributed by atoms with Crippen LogP contribution >= 0.6 is 11.6 Å². The highest BCUT2D eigenvalue weighted by molar-refractivity contribution is 6.30. The van der Waals surface area contributed by atoms with Crippen LogP contribution in [0.4, 0.5) is 17.2 Å². The second-order valence-corrected chi connectivity index (χ2v) is 6.16. The highest BCUT2D eigenvalue weighted by Crippen LogP contribution is 2.26. The first-order valence-corrected chi connectivity index (χ1v) is 8.37. The number of ether oxygens (including phenoxy) is 1. The first-order chi connectivity index (χ1) is 12.5. The van der Waals surface area contributed by atoms with Gasteiger partial charge in [0.1, 0.15) is 11.6 Å². The molecule has 0 unspecified atom stereocenters. The van der Waals surface area contributed by atoms with Crippen molar-refractivity contribution in [1.29, 1.82) is 0 Å². The van der Waals surface area contributed by atoms with Crippen molar-refractivity contribution >= 4 is 34.7 Å². The molecule has 5 nitrogen and oxygen atoms in total. The molecule has 0 saturated heterocycles. The van der Waals surface area contributed by atoms with E-state index in [2.05, 4.69) is 15.6 Å². The lowest BCUT2D eigenvalue weighted by Gasteiger charge is -2.12. The van der Waals surface area contributed by atoms with E-state index < -0.39 is 0 Å². The van der Waals surface area contributed by atoms with E-state index in [9.17, 15) is 4.79 Å². The van der Waals surface area contributed by atoms with Crippen molar-refractivity contribution in [2.75, 3.05) is 17.7 Å². The van der Waals surface area contributed by atoms with Crippen molar-refractivity contribution in [3.8, 4) is 5.75 Å². The van der Waals surface area contributed by atoms with Crippen LogP contribution in [0.2, 0.25) is 5.02 Å². The quantitative estimate of drug-likeness (QED) is 0.662. The van der Waals surface area contributed by atoms with Crippen LogP contribution in [0.5, 0.6) is 5.75 Å². The van der Waals surface area contributed by atoms with Crippen molar-refractivity contribution in [1.82, 2.24) is 4.98 Å². The third-order valence-corrected chi connectivity index (χ3v) is 3.99. The van der Waals surface area contributed by atoms with Crippen molar-refractivity contribution in [3.05, 3.63) is 76.9 Å². The van der Waals surface area contributed by atoms with Gasteiger partial charge in [-0.2, -0.15) is 0 Å². The molecule has 0 aliphatic heterocycles. The van der Waals surface area contributed by atoms with Crippen molar-refractivity contribution in [2.24, 2.45) is 0 Å². The number of nitrogens with one attached hydrogen (secondary N) is 2. The van der Waals surface area contributed by atoms with Gasteiger partial charge in [-0.25, -0.2) is 4.98 Å². The number of rotatable bonds is 5. The van der Waals surface area contributed by atoms with E-state index in [0.717, 1.165) is 11.3 Å². The Bertz CT molecular complexity index is 927. The van der Waals surface area contributed by atoms with Gasteiger partial charge in [0.25, 0.3) is 5.91 Å². The average Bonchev–Trinajstić information content (AvgIpc) is 2.64. The third kappa shape index (κ3) is 4.32. The van der Waals surface area contributed by atoms with Gasteiger partial charge in [0, 0.05) is 22.5 Å². The van der Waals surface area contributed by atoms with Crippen LogP contribution in [0, 0.1) is 6.92 Å². The van der Waals surface area contributed by atoms with Gasteiger partial charge in [0.05, 0.1) is 12.8 Å². The monoisotopic (exact) mass is 367 g/mol. The number of benzene rings is 2. The van der Waals surface area contributed by atoms with Crippen LogP contribution < -0.4 is 15.4 Å². The summed E-state index contributed by atoms with van der Waals surface area (Å²) in [6, 6.07) is 16.2. The molecule has 0 aliphatic rings. The summed E-state index contributed by atoms with van der Waals surface area (Å²) in [6.07, 6.45) is 1.58. The summed E-state index contributed by atoms with van der Waals surface area (Å²) in [5, 5.41) is 6.68. The zero-order valence-electron chi connectivity index (χ0n) is 14.4. The molecule has 1 heterocycles. The average molecular weight is 368 g/mol. The molecule has 1 amide bonds. The highest BCUT2D eigenvalue weighted by Gasteiger charge is 2.11. The summed E-state index contributed by atoms with van der Waals surface area (Å²) in [4.78, 5) is 16.8. The smallest absolute Gasteiger partial charge is 0.255 e. The van der Waals surface area contributed by atoms with Crippen LogP contribution in [-0.4, -0.2) is 18.0 Å². The highest BCUT2D eigenvalue weighted by atomic mass is 35.5. The Labute approximate surface area is 157 Å². The second kappa shape index (κ2) is 7.89. The molecular weight excluding hydrogens is 350 g/mol. The fraction of sp³-hybridized carbons (Fsp3) is 0.100. The van der Waals surface area contributed by atoms with Crippen LogP contribution in [0.1, 0.15) is 15.9 Å². The second-order valence-electron chi connectivity index (χ2n) is 5.72. The van der Waals surface area contributed by atoms with Crippen LogP contribution in [-0.2, 0) is 0 Å². The molecule has 0 atom stereocenters. The van der Waals surface area contributed by atoms with Gasteiger partial charge in [-0.05, 0) is 61.0 Å². The lowest BCUT2D eigenvalue weighted by molar-refractivity contribution is 0.102. The minimum Gasteiger partial charge on any atom is -0.495 e. The summed E-state index contributed by atoms with van der Waals surface area (Å²) < 4.78 is 5.30. The number of carbonyl (C=O) groups excluding carboxylic acids is 1. The number of hydrogen-bond donors (Lipinski definition) is 2. The van der Waals surface area contributed by atoms with Crippen molar-refractivity contribution < 1.29 is 9.53 Å². The molecule has 26 heavy (non-hydrogen) atoms. The van der Waals surface area contributed by atoms with E-state index in [1.165, 1.54) is 0 Å². The molecule has 0 fully saturated rings. The molecular formula is C20H18ClN3O2. The van der Waals surface area contributed by atoms with E-state index in [-0.39, 0.29) is 5.91 Å². The predicted molar refractivity (Wildman–Crippen MR) is 105 cm³/mol. The summed E-state index contributed by atoms with van der Waals surface area (Å²) in [5.74, 6) is 0.934. The van der Waals surface area contributed by atoms with Crippen LogP contribution in [0.3, 0.4) is 0 Å². The maximum Gasteiger partial charge on any atom is 0.255 e. The molecule has 6 heteroatoms. The zero-order valence-corrected chi connectivity index (χ0v) is 15.2. The van der Waals surface area contributed by atoms with E-state index >= 15 is 0 Å². The molecule has 2 N–H and O–H groups in total. The number of carbonyl (C=O) groups is 1. The first kappa shape index (κ1) is 17.8. The Morgan fingerprint density at radius 2 is 1.85 bits per heavy atom. The fourth-order valence-electron chi connectivity index (χ4n) is 2.44. The van der Waals surface area contributed by atoms with Gasteiger partial charge in [-0.15, -0.1) is 0 Å². The number of aromatic nitrogens is 1. The number of hydrogen-bond acceptors (Lipinski definition) is 4. The maximum atomic E-state index is 12.6. The molecule has 2 aromatic carbocycles. The summed E-state index contributed by atoms with van der Waals surface area (Å²) in [6.45, 7) is 1.95. The number of methoxy groups -OCH3 is 1. The molecule has 0 aliphatic carbocycles. The molecule has 1 aromatic heterocycles. The predicted octanol–water partition coefficient (Wildman–Crippen LogP) is 5.05. The van der Waals surface area contributed by atoms with Gasteiger partial charge < -0.3 is 15.4 Å². The topological polar surface area (TPSA) is 63.2 Å². The van der Waals surface area contributed by atoms with Gasteiger partial charge in [-0.3, -0.25) is 4.79 Å². The van der Waals surface area contributed by atoms with Crippen LogP contribution in [0.25, 0.3) is 0 Å². The molecule has 3 aromatic rings. The Hall–Kier alpha value is -3.05. The molecule has 0 saturated carbocycles. The summed E-state index contributed by atoms with van der Waals surface area (Å²) in [7, 11) is 1.57. The van der Waals surface area contributed by atoms with Gasteiger partial charge in [0.15, 0.2) is 0 Å². The van der Waals surface area contributed by atoms with Crippen molar-refractivity contribution in [3.63, 3.8) is 0 Å². The fourth-order valence-corrected chi connectivity index (χ4v) is 2.56. The molecule has 0 bridgehead atoms. The van der Waals surface area contributed by atoms with E-state index in [1.54, 1.807) is 37.6 Å². The lowest BCUT2D eigenvalue weighted by Crippen LogP contribution is -2.13. The largest absolute Gasteiger partial charge is 0.495 e. The number of anilines is 3. The summed E-state index contributed by atoms with van der Waals surface area (Å²) >= 11 is 5.89. The zero-order chi connectivity index (χ0) is 18.5. The first-order valence-electron chi connectivity index (χ1n) is 8.00. The lowest BCUT2D eigenvalue weighted by atomic mass is 10.2. The minimum atomic E-state index is -0.240. The van der Waals surface area contributed by atoms with E-state index in [1.807, 2.05) is 37.3 Å². The molecule has 0 spiro atoms. The number of aryl methyl sites for hydroxylation is 1. The third-order valence-electron chi connectivity index (χ3n) is 3.74. The molecule has 0 radical (unpaired) electrons. The Morgan fingerprint density at radius 3 is 2.58 bits per heavy atom. The number of amides is 1. The Balaban J connectivity index is 1.78. The standard InChI is InChI=1S/C20H18ClN3O2/c1-13-3-8-18(26-2)17(11-13)24-20(25)14-9-10-22-19(12-14)23-16-6-4-15(21)5-7-16/h3-12H,1-2H3,(H,22,23)(H,24,25). The minimum absolute atomic E-state index is 0.240.